The molecule has 0 saturated heterocycles. The van der Waals surface area contributed by atoms with E-state index in [4.69, 9.17) is 4.18 Å². The number of rotatable bonds is 13. The van der Waals surface area contributed by atoms with Gasteiger partial charge in [0.05, 0.1) is 11.5 Å². The summed E-state index contributed by atoms with van der Waals surface area (Å²) < 4.78 is 28.8. The third-order valence-electron chi connectivity index (χ3n) is 3.77. The molecule has 0 N–H and O–H groups in total. The zero-order valence-corrected chi connectivity index (χ0v) is 14.6. The molecule has 0 fully saturated rings. The van der Waals surface area contributed by atoms with E-state index in [1.54, 1.807) is 30.3 Å². The molecule has 23 heavy (non-hydrogen) atoms. The van der Waals surface area contributed by atoms with Crippen LogP contribution in [0.1, 0.15) is 71.1 Å². The second-order valence-electron chi connectivity index (χ2n) is 5.77. The second-order valence-corrected chi connectivity index (χ2v) is 7.39. The maximum atomic E-state index is 11.9. The number of unbranched alkanes of at least 4 members (excludes halogenated alkanes) is 9. The number of hydrogen-bond donors (Lipinski definition) is 0. The third-order valence-corrected chi connectivity index (χ3v) is 5.09. The molecule has 5 heteroatoms. The summed E-state index contributed by atoms with van der Waals surface area (Å²) in [5.41, 5.74) is 0. The fraction of sp³-hybridized carbons (Fsp3) is 0.667. The van der Waals surface area contributed by atoms with Crippen LogP contribution in [0.25, 0.3) is 0 Å². The van der Waals surface area contributed by atoms with Gasteiger partial charge in [-0.2, -0.15) is 8.42 Å². The summed E-state index contributed by atoms with van der Waals surface area (Å²) in [4.78, 5) is 0.238. The molecule has 0 radical (unpaired) electrons. The minimum absolute atomic E-state index is 0. The van der Waals surface area contributed by atoms with Crippen LogP contribution in [-0.2, 0) is 14.3 Å². The van der Waals surface area contributed by atoms with Crippen LogP contribution in [0.4, 0.5) is 0 Å². The summed E-state index contributed by atoms with van der Waals surface area (Å²) in [5, 5.41) is 0. The quantitative estimate of drug-likeness (QED) is 0.349. The normalized spacial score (nSPS) is 11.2. The van der Waals surface area contributed by atoms with Gasteiger partial charge in [0.25, 0.3) is 10.1 Å². The van der Waals surface area contributed by atoms with Crippen molar-refractivity contribution in [2.75, 3.05) is 6.61 Å². The molecule has 0 unspecified atom stereocenters. The zero-order chi connectivity index (χ0) is 16.1. The van der Waals surface area contributed by atoms with Crippen LogP contribution in [0.2, 0.25) is 0 Å². The first-order valence-corrected chi connectivity index (χ1v) is 10.0. The first-order valence-electron chi connectivity index (χ1n) is 8.61. The molecule has 0 amide bonds. The van der Waals surface area contributed by atoms with Crippen LogP contribution in [0, 0.1) is 0 Å². The first-order chi connectivity index (χ1) is 10.7. The van der Waals surface area contributed by atoms with Crippen LogP contribution in [0.3, 0.4) is 0 Å². The Morgan fingerprint density at radius 1 is 0.783 bits per heavy atom. The first kappa shape index (κ1) is 23.9. The number of hydrogen-bond acceptors (Lipinski definition) is 3. The average Bonchev–Trinajstić information content (AvgIpc) is 2.53. The molecule has 0 atom stereocenters. The van der Waals surface area contributed by atoms with Crippen molar-refractivity contribution < 1.29 is 12.6 Å². The molecule has 0 spiro atoms. The van der Waals surface area contributed by atoms with Gasteiger partial charge in [0.2, 0.25) is 0 Å². The van der Waals surface area contributed by atoms with Crippen molar-refractivity contribution in [3.8, 4) is 0 Å². The Balaban J connectivity index is 0.00000484. The predicted octanol–water partition coefficient (Wildman–Crippen LogP) is 4.66. The van der Waals surface area contributed by atoms with Gasteiger partial charge in [0, 0.05) is 0 Å². The second kappa shape index (κ2) is 15.2. The molecule has 0 bridgehead atoms. The molecular formula is C18H31O3RbS. The van der Waals surface area contributed by atoms with Crippen LogP contribution in [0.5, 0.6) is 0 Å². The van der Waals surface area contributed by atoms with E-state index in [1.807, 2.05) is 0 Å². The van der Waals surface area contributed by atoms with Gasteiger partial charge in [-0.15, -0.1) is 0 Å². The van der Waals surface area contributed by atoms with Gasteiger partial charge in [-0.3, -0.25) is 4.18 Å². The van der Waals surface area contributed by atoms with Crippen molar-refractivity contribution in [2.24, 2.45) is 0 Å². The molecular weight excluding hydrogens is 382 g/mol. The standard InChI is InChI=1S/C18H30O3S.Rb.H/c1-2-3-4-5-6-7-8-9-10-14-17-21-22(19,20)18-15-12-11-13-16-18;;/h11-13,15-16H,2-10,14,17H2,1H3;;. The zero-order valence-electron chi connectivity index (χ0n) is 13.8. The van der Waals surface area contributed by atoms with E-state index in [1.165, 1.54) is 51.4 Å². The third kappa shape index (κ3) is 12.0. The molecule has 0 saturated carbocycles. The Kier molecular flexibility index (Phi) is 15.8. The number of benzene rings is 1. The van der Waals surface area contributed by atoms with Gasteiger partial charge < -0.3 is 0 Å². The van der Waals surface area contributed by atoms with E-state index < -0.39 is 10.1 Å². The molecule has 0 aliphatic heterocycles. The molecule has 0 aromatic heterocycles. The van der Waals surface area contributed by atoms with E-state index in [9.17, 15) is 8.42 Å². The van der Waals surface area contributed by atoms with Gasteiger partial charge >= 0.3 is 58.2 Å². The van der Waals surface area contributed by atoms with Gasteiger partial charge in [-0.05, 0) is 18.6 Å². The minimum atomic E-state index is -3.57. The Hall–Kier alpha value is 0.935. The van der Waals surface area contributed by atoms with Crippen molar-refractivity contribution in [3.05, 3.63) is 30.3 Å². The SMILES string of the molecule is CCCCCCCCCCCCOS(=O)(=O)c1ccccc1.[RbH]. The van der Waals surface area contributed by atoms with Crippen molar-refractivity contribution in [2.45, 2.75) is 76.0 Å². The van der Waals surface area contributed by atoms with Crippen LogP contribution >= 0.6 is 0 Å². The van der Waals surface area contributed by atoms with Gasteiger partial charge in [0.15, 0.2) is 0 Å². The predicted molar refractivity (Wildman–Crippen MR) is 98.6 cm³/mol. The summed E-state index contributed by atoms with van der Waals surface area (Å²) in [6, 6.07) is 8.33. The van der Waals surface area contributed by atoms with Crippen LogP contribution in [0.15, 0.2) is 35.2 Å². The van der Waals surface area contributed by atoms with Gasteiger partial charge in [-0.1, -0.05) is 82.9 Å². The average molecular weight is 413 g/mol. The van der Waals surface area contributed by atoms with Gasteiger partial charge in [0.1, 0.15) is 0 Å². The van der Waals surface area contributed by atoms with Gasteiger partial charge in [-0.25, -0.2) is 0 Å². The molecule has 1 aromatic rings. The van der Waals surface area contributed by atoms with E-state index in [0.717, 1.165) is 12.8 Å². The molecule has 3 nitrogen and oxygen atoms in total. The van der Waals surface area contributed by atoms with Crippen molar-refractivity contribution >= 4 is 68.3 Å². The monoisotopic (exact) mass is 412 g/mol. The van der Waals surface area contributed by atoms with E-state index in [-0.39, 0.29) is 69.7 Å². The van der Waals surface area contributed by atoms with E-state index >= 15 is 0 Å². The molecule has 128 valence electrons. The Morgan fingerprint density at radius 3 is 1.78 bits per heavy atom. The fourth-order valence-corrected chi connectivity index (χ4v) is 3.38. The Bertz CT molecular complexity index is 474. The molecule has 1 aromatic carbocycles. The molecule has 0 aliphatic carbocycles. The van der Waals surface area contributed by atoms with Crippen molar-refractivity contribution in [1.82, 2.24) is 0 Å². The summed E-state index contributed by atoms with van der Waals surface area (Å²) in [6.07, 6.45) is 12.3. The summed E-state index contributed by atoms with van der Waals surface area (Å²) in [5.74, 6) is 0. The van der Waals surface area contributed by atoms with Crippen molar-refractivity contribution in [3.63, 3.8) is 0 Å². The molecule has 1 rings (SSSR count). The Morgan fingerprint density at radius 2 is 1.26 bits per heavy atom. The summed E-state index contributed by atoms with van der Waals surface area (Å²) in [6.45, 7) is 2.52. The van der Waals surface area contributed by atoms with E-state index in [2.05, 4.69) is 6.92 Å². The fourth-order valence-electron chi connectivity index (χ4n) is 2.41. The van der Waals surface area contributed by atoms with E-state index in [0.29, 0.717) is 0 Å². The molecule has 0 aliphatic rings. The Labute approximate surface area is 191 Å². The van der Waals surface area contributed by atoms with Crippen molar-refractivity contribution in [1.29, 1.82) is 0 Å². The van der Waals surface area contributed by atoms with Crippen LogP contribution < -0.4 is 0 Å². The topological polar surface area (TPSA) is 43.4 Å². The molecule has 0 heterocycles. The maximum absolute atomic E-state index is 11.9. The summed E-state index contributed by atoms with van der Waals surface area (Å²) in [7, 11) is -3.57. The van der Waals surface area contributed by atoms with Crippen LogP contribution in [-0.4, -0.2) is 73.2 Å². The summed E-state index contributed by atoms with van der Waals surface area (Å²) >= 11 is 0.